The van der Waals surface area contributed by atoms with Crippen molar-refractivity contribution in [1.29, 1.82) is 0 Å². The van der Waals surface area contributed by atoms with Crippen molar-refractivity contribution in [2.45, 2.75) is 20.8 Å². The first kappa shape index (κ1) is 18.3. The summed E-state index contributed by atoms with van der Waals surface area (Å²) in [5, 5.41) is 19.6. The lowest BCUT2D eigenvalue weighted by molar-refractivity contribution is 0.0996. The first-order valence-corrected chi connectivity index (χ1v) is 9.47. The van der Waals surface area contributed by atoms with Crippen LogP contribution in [0.2, 0.25) is 0 Å². The van der Waals surface area contributed by atoms with E-state index in [1.165, 1.54) is 0 Å². The highest BCUT2D eigenvalue weighted by Gasteiger charge is 2.16. The number of benzene rings is 2. The maximum atomic E-state index is 12.8. The molecule has 0 bridgehead atoms. The molecule has 0 atom stereocenters. The van der Waals surface area contributed by atoms with Crippen LogP contribution < -0.4 is 0 Å². The third-order valence-corrected chi connectivity index (χ3v) is 5.15. The van der Waals surface area contributed by atoms with Crippen molar-refractivity contribution in [2.75, 3.05) is 0 Å². The van der Waals surface area contributed by atoms with Crippen molar-refractivity contribution < 1.29 is 9.90 Å². The number of hydrogen-bond donors (Lipinski definition) is 2. The van der Waals surface area contributed by atoms with Crippen molar-refractivity contribution in [3.05, 3.63) is 63.3 Å². The fourth-order valence-corrected chi connectivity index (χ4v) is 3.93. The normalized spacial score (nSPS) is 11.7. The first-order valence-electron chi connectivity index (χ1n) is 8.68. The fraction of sp³-hybridized carbons (Fsp3) is 0.143. The Kier molecular flexibility index (Phi) is 4.47. The highest BCUT2D eigenvalue weighted by Crippen LogP contribution is 2.39. The zero-order chi connectivity index (χ0) is 20.0. The lowest BCUT2D eigenvalue weighted by atomic mass is 10.1. The summed E-state index contributed by atoms with van der Waals surface area (Å²) in [6.07, 6.45) is 0. The van der Waals surface area contributed by atoms with Crippen molar-refractivity contribution in [3.63, 3.8) is 0 Å². The predicted molar refractivity (Wildman–Crippen MR) is 112 cm³/mol. The molecule has 0 saturated carbocycles. The lowest BCUT2D eigenvalue weighted by Gasteiger charge is -2.05. The van der Waals surface area contributed by atoms with Crippen molar-refractivity contribution in [1.82, 2.24) is 9.97 Å². The summed E-state index contributed by atoms with van der Waals surface area (Å²) in [5.74, 6) is -0.619. The molecule has 6 nitrogen and oxygen atoms in total. The zero-order valence-corrected chi connectivity index (χ0v) is 17.1. The van der Waals surface area contributed by atoms with Crippen LogP contribution in [0.3, 0.4) is 0 Å². The van der Waals surface area contributed by atoms with E-state index in [9.17, 15) is 9.90 Å². The number of aromatic nitrogens is 2. The molecule has 140 valence electrons. The van der Waals surface area contributed by atoms with E-state index in [1.54, 1.807) is 6.07 Å². The van der Waals surface area contributed by atoms with Crippen LogP contribution in [0.5, 0.6) is 5.88 Å². The van der Waals surface area contributed by atoms with Gasteiger partial charge in [-0.2, -0.15) is 0 Å². The number of rotatable bonds is 2. The maximum absolute atomic E-state index is 12.8. The number of aryl methyl sites for hydroxylation is 3. The molecule has 4 rings (SSSR count). The maximum Gasteiger partial charge on any atom is 0.296 e. The summed E-state index contributed by atoms with van der Waals surface area (Å²) in [4.78, 5) is 20.1. The van der Waals surface area contributed by atoms with E-state index in [1.807, 2.05) is 51.1 Å². The molecule has 0 aliphatic carbocycles. The largest absolute Gasteiger partial charge is 0.493 e. The second-order valence-corrected chi connectivity index (χ2v) is 7.68. The number of nitrogens with one attached hydrogen (secondary N) is 1. The number of carbonyl (C=O) groups is 1. The van der Waals surface area contributed by atoms with Gasteiger partial charge in [-0.05, 0) is 72.6 Å². The van der Waals surface area contributed by atoms with Crippen molar-refractivity contribution in [3.8, 4) is 5.88 Å². The lowest BCUT2D eigenvalue weighted by Crippen LogP contribution is -1.99. The van der Waals surface area contributed by atoms with E-state index in [0.29, 0.717) is 16.5 Å². The molecule has 4 aromatic rings. The second kappa shape index (κ2) is 6.83. The highest BCUT2D eigenvalue weighted by molar-refractivity contribution is 9.10. The number of aromatic amines is 1. The Morgan fingerprint density at radius 3 is 2.61 bits per heavy atom. The molecule has 0 unspecified atom stereocenters. The Labute approximate surface area is 169 Å². The van der Waals surface area contributed by atoms with Gasteiger partial charge in [-0.15, -0.1) is 10.2 Å². The van der Waals surface area contributed by atoms with E-state index in [-0.39, 0.29) is 11.6 Å². The van der Waals surface area contributed by atoms with Crippen LogP contribution in [-0.2, 0) is 0 Å². The number of nitrogens with zero attached hydrogens (tertiary/aromatic N) is 3. The van der Waals surface area contributed by atoms with Crippen LogP contribution in [0.25, 0.3) is 21.8 Å². The molecule has 0 spiro atoms. The summed E-state index contributed by atoms with van der Waals surface area (Å²) < 4.78 is 0.803. The van der Waals surface area contributed by atoms with Crippen molar-refractivity contribution >= 4 is 49.3 Å². The number of aromatic hydroxyl groups is 1. The number of fused-ring (bicyclic) bond motifs is 2. The van der Waals surface area contributed by atoms with E-state index in [4.69, 9.17) is 0 Å². The van der Waals surface area contributed by atoms with Crippen LogP contribution in [0.15, 0.2) is 51.1 Å². The van der Waals surface area contributed by atoms with Gasteiger partial charge < -0.3 is 10.1 Å². The Morgan fingerprint density at radius 2 is 1.82 bits per heavy atom. The fourth-order valence-electron chi connectivity index (χ4n) is 3.26. The van der Waals surface area contributed by atoms with E-state index >= 15 is 0 Å². The Bertz CT molecular complexity index is 1290. The molecule has 2 aromatic carbocycles. The van der Waals surface area contributed by atoms with Gasteiger partial charge in [0.1, 0.15) is 0 Å². The minimum absolute atomic E-state index is 0.135. The van der Waals surface area contributed by atoms with E-state index in [0.717, 1.165) is 32.2 Å². The standard InChI is InChI=1S/C21H17BrN4O2/c1-10-4-5-17-13(6-10)14(9-12(3)23-17)20(27)26-25-19-15-7-11(2)8-16(22)18(15)24-21(19)28/h4-9,24,28H,1-3H3. The molecular weight excluding hydrogens is 420 g/mol. The summed E-state index contributed by atoms with van der Waals surface area (Å²) in [5.41, 5.74) is 4.85. The number of hydrogen-bond acceptors (Lipinski definition) is 4. The Hall–Kier alpha value is -3.06. The van der Waals surface area contributed by atoms with E-state index < -0.39 is 5.91 Å². The van der Waals surface area contributed by atoms with Crippen molar-refractivity contribution in [2.24, 2.45) is 10.2 Å². The molecule has 0 radical (unpaired) electrons. The molecule has 0 aliphatic heterocycles. The van der Waals surface area contributed by atoms with Crippen LogP contribution in [0.4, 0.5) is 5.69 Å². The minimum Gasteiger partial charge on any atom is -0.493 e. The first-order chi connectivity index (χ1) is 13.3. The Balaban J connectivity index is 1.81. The van der Waals surface area contributed by atoms with Crippen LogP contribution >= 0.6 is 15.9 Å². The topological polar surface area (TPSA) is 90.7 Å². The second-order valence-electron chi connectivity index (χ2n) is 6.83. The molecule has 2 aromatic heterocycles. The smallest absolute Gasteiger partial charge is 0.296 e. The van der Waals surface area contributed by atoms with Gasteiger partial charge in [0.25, 0.3) is 5.91 Å². The number of halogens is 1. The molecular formula is C21H17BrN4O2. The molecule has 0 aliphatic rings. The van der Waals surface area contributed by atoms with Crippen LogP contribution in [0, 0.1) is 20.8 Å². The SMILES string of the molecule is Cc1ccc2nc(C)cc(C(=O)N=Nc3c(O)[nH]c4c(Br)cc(C)cc34)c2c1. The van der Waals surface area contributed by atoms with Gasteiger partial charge in [0.2, 0.25) is 5.88 Å². The summed E-state index contributed by atoms with van der Waals surface area (Å²) >= 11 is 3.47. The summed E-state index contributed by atoms with van der Waals surface area (Å²) in [6.45, 7) is 5.73. The van der Waals surface area contributed by atoms with Gasteiger partial charge in [0.15, 0.2) is 5.69 Å². The van der Waals surface area contributed by atoms with Crippen LogP contribution in [-0.4, -0.2) is 21.0 Å². The van der Waals surface area contributed by atoms with Gasteiger partial charge >= 0.3 is 0 Å². The molecule has 2 heterocycles. The monoisotopic (exact) mass is 436 g/mol. The average molecular weight is 437 g/mol. The van der Waals surface area contributed by atoms with Gasteiger partial charge in [0, 0.05) is 20.9 Å². The third-order valence-electron chi connectivity index (χ3n) is 4.52. The third kappa shape index (κ3) is 3.18. The number of H-pyrrole nitrogens is 1. The van der Waals surface area contributed by atoms with Gasteiger partial charge in [0.05, 0.1) is 16.6 Å². The number of pyridine rings is 1. The predicted octanol–water partition coefficient (Wildman–Crippen LogP) is 6.03. The molecule has 0 fully saturated rings. The van der Waals surface area contributed by atoms with Gasteiger partial charge in [-0.1, -0.05) is 11.6 Å². The summed E-state index contributed by atoms with van der Waals surface area (Å²) in [6, 6.07) is 11.3. The molecule has 1 amide bonds. The van der Waals surface area contributed by atoms with Gasteiger partial charge in [-0.3, -0.25) is 9.78 Å². The van der Waals surface area contributed by atoms with Crippen LogP contribution in [0.1, 0.15) is 27.2 Å². The molecule has 0 saturated heterocycles. The highest BCUT2D eigenvalue weighted by atomic mass is 79.9. The molecule has 7 heteroatoms. The van der Waals surface area contributed by atoms with Gasteiger partial charge in [-0.25, -0.2) is 0 Å². The number of amides is 1. The average Bonchev–Trinajstić information content (AvgIpc) is 2.95. The number of carbonyl (C=O) groups excluding carboxylic acids is 1. The Morgan fingerprint density at radius 1 is 1.07 bits per heavy atom. The molecule has 2 N–H and O–H groups in total. The number of azo groups is 1. The quantitative estimate of drug-likeness (QED) is 0.375. The van der Waals surface area contributed by atoms with E-state index in [2.05, 4.69) is 36.1 Å². The minimum atomic E-state index is -0.485. The summed E-state index contributed by atoms with van der Waals surface area (Å²) in [7, 11) is 0. The molecule has 28 heavy (non-hydrogen) atoms. The zero-order valence-electron chi connectivity index (χ0n) is 15.5.